The van der Waals surface area contributed by atoms with Gasteiger partial charge in [-0.25, -0.2) is 4.79 Å². The largest absolute Gasteiger partial charge is 0.461 e. The highest BCUT2D eigenvalue weighted by molar-refractivity contribution is 5.73. The smallest absolute Gasteiger partial charge is 0.411 e. The normalized spacial score (nSPS) is 32.4. The van der Waals surface area contributed by atoms with Crippen molar-refractivity contribution < 1.29 is 19.1 Å². The number of pyridine rings is 1. The summed E-state index contributed by atoms with van der Waals surface area (Å²) in [5.41, 5.74) is -1.06. The van der Waals surface area contributed by atoms with Gasteiger partial charge in [0.05, 0.1) is 17.8 Å². The lowest BCUT2D eigenvalue weighted by Crippen LogP contribution is -2.60. The molecular weight excluding hydrogens is 308 g/mol. The van der Waals surface area contributed by atoms with Crippen LogP contribution in [0.25, 0.3) is 0 Å². The van der Waals surface area contributed by atoms with Crippen LogP contribution >= 0.6 is 0 Å². The third-order valence-corrected chi connectivity index (χ3v) is 5.99. The van der Waals surface area contributed by atoms with E-state index in [0.717, 1.165) is 18.5 Å². The van der Waals surface area contributed by atoms with Crippen LogP contribution in [-0.4, -0.2) is 39.2 Å². The minimum absolute atomic E-state index is 0.0321. The fourth-order valence-corrected chi connectivity index (χ4v) is 4.50. The summed E-state index contributed by atoms with van der Waals surface area (Å²) in [6.07, 6.45) is 2.94. The van der Waals surface area contributed by atoms with E-state index in [-0.39, 0.29) is 12.0 Å². The first kappa shape index (κ1) is 16.7. The summed E-state index contributed by atoms with van der Waals surface area (Å²) in [6, 6.07) is 5.64. The van der Waals surface area contributed by atoms with Crippen molar-refractivity contribution in [1.82, 2.24) is 9.88 Å². The molecule has 0 bridgehead atoms. The number of amides is 1. The fourth-order valence-electron chi connectivity index (χ4n) is 4.50. The quantitative estimate of drug-likeness (QED) is 0.776. The third kappa shape index (κ3) is 2.27. The van der Waals surface area contributed by atoms with E-state index >= 15 is 0 Å². The van der Waals surface area contributed by atoms with Crippen molar-refractivity contribution >= 4 is 12.6 Å². The second kappa shape index (κ2) is 5.46. The summed E-state index contributed by atoms with van der Waals surface area (Å²) in [4.78, 5) is 29.6. The molecule has 24 heavy (non-hydrogen) atoms. The highest BCUT2D eigenvalue weighted by Gasteiger charge is 2.69. The minimum atomic E-state index is -0.690. The Morgan fingerprint density at radius 3 is 2.83 bits per heavy atom. The van der Waals surface area contributed by atoms with Crippen LogP contribution in [0, 0.1) is 5.92 Å². The minimum Gasteiger partial charge on any atom is -0.461 e. The SMILES string of the molecule is CC(C)(OC=O)C1CCC2(C)OC(=O)N(Cc3ccccn3)C12C. The summed E-state index contributed by atoms with van der Waals surface area (Å²) in [7, 11) is 0. The van der Waals surface area contributed by atoms with Gasteiger partial charge in [-0.1, -0.05) is 6.07 Å². The Labute approximate surface area is 142 Å². The molecule has 3 atom stereocenters. The zero-order valence-electron chi connectivity index (χ0n) is 14.6. The van der Waals surface area contributed by atoms with Crippen molar-refractivity contribution in [3.05, 3.63) is 30.1 Å². The summed E-state index contributed by atoms with van der Waals surface area (Å²) < 4.78 is 11.2. The molecule has 2 fully saturated rings. The highest BCUT2D eigenvalue weighted by Crippen LogP contribution is 2.57. The molecule has 2 aliphatic rings. The molecule has 1 aliphatic carbocycles. The second-order valence-corrected chi connectivity index (χ2v) is 7.56. The number of carbonyl (C=O) groups is 2. The van der Waals surface area contributed by atoms with Crippen LogP contribution in [0.2, 0.25) is 0 Å². The molecular formula is C18H24N2O4. The van der Waals surface area contributed by atoms with Crippen molar-refractivity contribution in [2.75, 3.05) is 0 Å². The summed E-state index contributed by atoms with van der Waals surface area (Å²) >= 11 is 0. The Bertz CT molecular complexity index is 648. The highest BCUT2D eigenvalue weighted by atomic mass is 16.6. The second-order valence-electron chi connectivity index (χ2n) is 7.56. The predicted molar refractivity (Wildman–Crippen MR) is 87.0 cm³/mol. The van der Waals surface area contributed by atoms with Gasteiger partial charge >= 0.3 is 6.09 Å². The molecule has 6 heteroatoms. The van der Waals surface area contributed by atoms with Gasteiger partial charge in [0.1, 0.15) is 11.2 Å². The Kier molecular flexibility index (Phi) is 3.81. The van der Waals surface area contributed by atoms with Crippen LogP contribution in [-0.2, 0) is 20.8 Å². The van der Waals surface area contributed by atoms with E-state index < -0.39 is 16.7 Å². The van der Waals surface area contributed by atoms with E-state index in [1.54, 1.807) is 11.1 Å². The molecule has 6 nitrogen and oxygen atoms in total. The molecule has 1 saturated heterocycles. The van der Waals surface area contributed by atoms with E-state index in [4.69, 9.17) is 9.47 Å². The summed E-state index contributed by atoms with van der Waals surface area (Å²) in [5.74, 6) is -0.0321. The number of ether oxygens (including phenoxy) is 2. The molecule has 0 spiro atoms. The maximum absolute atomic E-state index is 12.6. The summed E-state index contributed by atoms with van der Waals surface area (Å²) in [5, 5.41) is 0. The fraction of sp³-hybridized carbons (Fsp3) is 0.611. The predicted octanol–water partition coefficient (Wildman–Crippen LogP) is 2.91. The molecule has 0 aromatic carbocycles. The number of rotatable bonds is 5. The number of hydrogen-bond acceptors (Lipinski definition) is 5. The molecule has 1 amide bonds. The van der Waals surface area contributed by atoms with E-state index in [0.29, 0.717) is 13.0 Å². The lowest BCUT2D eigenvalue weighted by Gasteiger charge is -2.46. The van der Waals surface area contributed by atoms with Gasteiger partial charge in [-0.2, -0.15) is 0 Å². The molecule has 3 unspecified atom stereocenters. The molecule has 3 rings (SSSR count). The van der Waals surface area contributed by atoms with E-state index in [1.165, 1.54) is 0 Å². The molecule has 1 aromatic heterocycles. The molecule has 0 radical (unpaired) electrons. The van der Waals surface area contributed by atoms with Crippen LogP contribution in [0.5, 0.6) is 0 Å². The lowest BCUT2D eigenvalue weighted by atomic mass is 9.72. The Morgan fingerprint density at radius 2 is 2.21 bits per heavy atom. The first-order valence-electron chi connectivity index (χ1n) is 8.26. The van der Waals surface area contributed by atoms with Gasteiger partial charge in [-0.3, -0.25) is 14.7 Å². The van der Waals surface area contributed by atoms with Crippen molar-refractivity contribution in [2.45, 2.75) is 63.8 Å². The Balaban J connectivity index is 1.99. The molecule has 1 aliphatic heterocycles. The lowest BCUT2D eigenvalue weighted by molar-refractivity contribution is -0.151. The van der Waals surface area contributed by atoms with Gasteiger partial charge in [-0.15, -0.1) is 0 Å². The van der Waals surface area contributed by atoms with Crippen LogP contribution in [0.1, 0.15) is 46.2 Å². The number of fused-ring (bicyclic) bond motifs is 1. The van der Waals surface area contributed by atoms with Crippen LogP contribution in [0.4, 0.5) is 4.79 Å². The molecule has 0 N–H and O–H groups in total. The van der Waals surface area contributed by atoms with Crippen LogP contribution in [0.15, 0.2) is 24.4 Å². The molecule has 2 heterocycles. The number of hydrogen-bond donors (Lipinski definition) is 0. The number of aromatic nitrogens is 1. The average molecular weight is 332 g/mol. The molecule has 130 valence electrons. The van der Waals surface area contributed by atoms with Crippen LogP contribution in [0.3, 0.4) is 0 Å². The zero-order valence-corrected chi connectivity index (χ0v) is 14.6. The van der Waals surface area contributed by atoms with Crippen molar-refractivity contribution in [1.29, 1.82) is 0 Å². The standard InChI is InChI=1S/C18H24N2O4/c1-16(2,23-12-21)14-8-9-17(3)18(14,4)20(15(22)24-17)11-13-7-5-6-10-19-13/h5-7,10,12,14H,8-9,11H2,1-4H3. The third-order valence-electron chi connectivity index (χ3n) is 5.99. The maximum Gasteiger partial charge on any atom is 0.411 e. The van der Waals surface area contributed by atoms with Gasteiger partial charge in [0, 0.05) is 12.1 Å². The first-order chi connectivity index (χ1) is 11.2. The van der Waals surface area contributed by atoms with E-state index in [9.17, 15) is 9.59 Å². The van der Waals surface area contributed by atoms with Crippen LogP contribution < -0.4 is 0 Å². The summed E-state index contributed by atoms with van der Waals surface area (Å²) in [6.45, 7) is 8.66. The van der Waals surface area contributed by atoms with Crippen molar-refractivity contribution in [3.63, 3.8) is 0 Å². The Morgan fingerprint density at radius 1 is 1.46 bits per heavy atom. The maximum atomic E-state index is 12.6. The number of carbonyl (C=O) groups excluding carboxylic acids is 2. The average Bonchev–Trinajstić information content (AvgIpc) is 2.87. The zero-order chi connectivity index (χ0) is 17.6. The van der Waals surface area contributed by atoms with Gasteiger partial charge in [0.15, 0.2) is 0 Å². The monoisotopic (exact) mass is 332 g/mol. The van der Waals surface area contributed by atoms with Crippen molar-refractivity contribution in [2.24, 2.45) is 5.92 Å². The van der Waals surface area contributed by atoms with Gasteiger partial charge in [-0.05, 0) is 52.7 Å². The number of nitrogens with zero attached hydrogens (tertiary/aromatic N) is 2. The van der Waals surface area contributed by atoms with Crippen molar-refractivity contribution in [3.8, 4) is 0 Å². The van der Waals surface area contributed by atoms with Gasteiger partial charge in [0.25, 0.3) is 6.47 Å². The topological polar surface area (TPSA) is 68.7 Å². The van der Waals surface area contributed by atoms with Gasteiger partial charge < -0.3 is 9.47 Å². The first-order valence-corrected chi connectivity index (χ1v) is 8.26. The van der Waals surface area contributed by atoms with E-state index in [1.807, 2.05) is 45.9 Å². The molecule has 1 aromatic rings. The Hall–Kier alpha value is -2.11. The van der Waals surface area contributed by atoms with E-state index in [2.05, 4.69) is 4.98 Å². The van der Waals surface area contributed by atoms with Gasteiger partial charge in [0.2, 0.25) is 0 Å². The molecule has 1 saturated carbocycles.